The molecule has 4 aliphatic rings. The Hall–Kier alpha value is -4.68. The average molecular weight is 541 g/mol. The van der Waals surface area contributed by atoms with Gasteiger partial charge in [-0.2, -0.15) is 0 Å². The monoisotopic (exact) mass is 540 g/mol. The molecular weight excluding hydrogens is 504 g/mol. The lowest BCUT2D eigenvalue weighted by molar-refractivity contribution is 1.21. The van der Waals surface area contributed by atoms with Crippen molar-refractivity contribution in [2.24, 2.45) is 0 Å². The summed E-state index contributed by atoms with van der Waals surface area (Å²) in [6, 6.07) is 45.0. The lowest BCUT2D eigenvalue weighted by Crippen LogP contribution is -1.86. The van der Waals surface area contributed by atoms with Crippen molar-refractivity contribution in [3.05, 3.63) is 166 Å². The second kappa shape index (κ2) is 10.00. The molecule has 0 radical (unpaired) electrons. The SMILES string of the molecule is C.C.c1ccc2c(c1)Cc1cc3c(cc1-2)-c1ccccc1C3.c1ccc2c(c1)Cc1cc3c(cc1-2)Cc1ccccc1-3. The van der Waals surface area contributed by atoms with Gasteiger partial charge in [0, 0.05) is 0 Å². The molecule has 0 aliphatic heterocycles. The van der Waals surface area contributed by atoms with E-state index in [-0.39, 0.29) is 14.9 Å². The Kier molecular flexibility index (Phi) is 6.24. The predicted octanol–water partition coefficient (Wildman–Crippen LogP) is 10.9. The average Bonchev–Trinajstić information content (AvgIpc) is 3.74. The smallest absolute Gasteiger partial charge is 0.00132 e. The van der Waals surface area contributed by atoms with Crippen LogP contribution in [0.15, 0.2) is 121 Å². The van der Waals surface area contributed by atoms with E-state index in [1.54, 1.807) is 0 Å². The molecule has 204 valence electrons. The van der Waals surface area contributed by atoms with Crippen molar-refractivity contribution in [1.29, 1.82) is 0 Å². The molecule has 0 nitrogen and oxygen atoms in total. The van der Waals surface area contributed by atoms with Gasteiger partial charge in [0.2, 0.25) is 0 Å². The van der Waals surface area contributed by atoms with Crippen LogP contribution in [0.3, 0.4) is 0 Å². The second-order valence-electron chi connectivity index (χ2n) is 11.7. The van der Waals surface area contributed by atoms with Crippen LogP contribution in [-0.2, 0) is 25.7 Å². The van der Waals surface area contributed by atoms with Crippen molar-refractivity contribution in [3.63, 3.8) is 0 Å². The number of benzene rings is 6. The van der Waals surface area contributed by atoms with E-state index < -0.39 is 0 Å². The van der Waals surface area contributed by atoms with Gasteiger partial charge in [-0.1, -0.05) is 118 Å². The molecule has 6 aromatic rings. The summed E-state index contributed by atoms with van der Waals surface area (Å²) >= 11 is 0. The summed E-state index contributed by atoms with van der Waals surface area (Å²) in [5.41, 5.74) is 23.4. The third kappa shape index (κ3) is 3.90. The zero-order valence-corrected chi connectivity index (χ0v) is 22.4. The van der Waals surface area contributed by atoms with Gasteiger partial charge in [-0.25, -0.2) is 0 Å². The first-order valence-corrected chi connectivity index (χ1v) is 14.4. The van der Waals surface area contributed by atoms with Gasteiger partial charge in [-0.3, -0.25) is 0 Å². The predicted molar refractivity (Wildman–Crippen MR) is 179 cm³/mol. The first-order chi connectivity index (χ1) is 19.8. The molecule has 0 atom stereocenters. The van der Waals surface area contributed by atoms with Gasteiger partial charge in [-0.15, -0.1) is 0 Å². The molecule has 0 fully saturated rings. The van der Waals surface area contributed by atoms with Crippen LogP contribution in [-0.4, -0.2) is 0 Å². The van der Waals surface area contributed by atoms with E-state index in [4.69, 9.17) is 0 Å². The largest absolute Gasteiger partial charge is 0.0776 e. The van der Waals surface area contributed by atoms with Crippen LogP contribution >= 0.6 is 0 Å². The van der Waals surface area contributed by atoms with Crippen LogP contribution in [0.2, 0.25) is 0 Å². The maximum Gasteiger partial charge on any atom is -0.00132 e. The minimum atomic E-state index is 0. The molecule has 0 saturated carbocycles. The van der Waals surface area contributed by atoms with Gasteiger partial charge >= 0.3 is 0 Å². The summed E-state index contributed by atoms with van der Waals surface area (Å²) in [4.78, 5) is 0. The highest BCUT2D eigenvalue weighted by Crippen LogP contribution is 2.46. The molecular formula is C42H36. The van der Waals surface area contributed by atoms with E-state index in [1.807, 2.05) is 0 Å². The zero-order chi connectivity index (χ0) is 26.2. The van der Waals surface area contributed by atoms with E-state index in [2.05, 4.69) is 121 Å². The van der Waals surface area contributed by atoms with Crippen LogP contribution in [0.25, 0.3) is 44.5 Å². The van der Waals surface area contributed by atoms with Crippen LogP contribution in [0.5, 0.6) is 0 Å². The summed E-state index contributed by atoms with van der Waals surface area (Å²) in [5, 5.41) is 0. The lowest BCUT2D eigenvalue weighted by Gasteiger charge is -2.06. The molecule has 42 heavy (non-hydrogen) atoms. The maximum absolute atomic E-state index is 2.44. The Labute approximate surface area is 250 Å². The summed E-state index contributed by atoms with van der Waals surface area (Å²) < 4.78 is 0. The Morgan fingerprint density at radius 3 is 0.833 bits per heavy atom. The quantitative estimate of drug-likeness (QED) is 0.179. The zero-order valence-electron chi connectivity index (χ0n) is 22.4. The highest BCUT2D eigenvalue weighted by Gasteiger charge is 2.26. The maximum atomic E-state index is 2.44. The standard InChI is InChI=1S/2C20H14.2CH4/c1-3-7-17-13(5-1)9-15-11-20-16(12-19(15)17)10-14-6-2-4-8-18(14)20;1-3-7-17-13(5-1)9-15-11-16-10-14-6-2-4-8-18(14)20(16)12-19(15)17;;/h2*1-8,11-12H,9-10H2;2*1H4. The minimum Gasteiger partial charge on any atom is -0.0776 e. The topological polar surface area (TPSA) is 0 Å². The number of hydrogen-bond donors (Lipinski definition) is 0. The van der Waals surface area contributed by atoms with Gasteiger partial charge in [0.1, 0.15) is 0 Å². The highest BCUT2D eigenvalue weighted by molar-refractivity contribution is 5.87. The van der Waals surface area contributed by atoms with Crippen LogP contribution < -0.4 is 0 Å². The van der Waals surface area contributed by atoms with Crippen molar-refractivity contribution in [3.8, 4) is 44.5 Å². The molecule has 0 saturated heterocycles. The lowest BCUT2D eigenvalue weighted by atomic mass is 9.98. The molecule has 0 unspecified atom stereocenters. The fourth-order valence-corrected chi connectivity index (χ4v) is 7.54. The van der Waals surface area contributed by atoms with Crippen LogP contribution in [0, 0.1) is 0 Å². The second-order valence-corrected chi connectivity index (χ2v) is 11.7. The van der Waals surface area contributed by atoms with Crippen molar-refractivity contribution in [2.45, 2.75) is 40.5 Å². The van der Waals surface area contributed by atoms with Crippen molar-refractivity contribution in [1.82, 2.24) is 0 Å². The van der Waals surface area contributed by atoms with E-state index in [9.17, 15) is 0 Å². The molecule has 10 rings (SSSR count). The fourth-order valence-electron chi connectivity index (χ4n) is 7.54. The van der Waals surface area contributed by atoms with Crippen LogP contribution in [0.4, 0.5) is 0 Å². The normalized spacial score (nSPS) is 13.0. The summed E-state index contributed by atoms with van der Waals surface area (Å²) in [6.45, 7) is 0. The highest BCUT2D eigenvalue weighted by atomic mass is 14.3. The van der Waals surface area contributed by atoms with E-state index in [0.29, 0.717) is 0 Å². The van der Waals surface area contributed by atoms with Gasteiger partial charge in [0.25, 0.3) is 0 Å². The summed E-state index contributed by atoms with van der Waals surface area (Å²) in [7, 11) is 0. The Balaban J connectivity index is 0.000000131. The van der Waals surface area contributed by atoms with E-state index in [1.165, 1.54) is 89.0 Å². The van der Waals surface area contributed by atoms with E-state index >= 15 is 0 Å². The van der Waals surface area contributed by atoms with Crippen molar-refractivity contribution < 1.29 is 0 Å². The Morgan fingerprint density at radius 1 is 0.238 bits per heavy atom. The van der Waals surface area contributed by atoms with Crippen molar-refractivity contribution >= 4 is 0 Å². The van der Waals surface area contributed by atoms with Gasteiger partial charge < -0.3 is 0 Å². The number of rotatable bonds is 0. The summed E-state index contributed by atoms with van der Waals surface area (Å²) in [6.07, 6.45) is 4.35. The molecule has 0 aromatic heterocycles. The molecule has 0 N–H and O–H groups in total. The fraction of sp³-hybridized carbons (Fsp3) is 0.143. The first kappa shape index (κ1) is 26.2. The van der Waals surface area contributed by atoms with Gasteiger partial charge in [0.15, 0.2) is 0 Å². The molecule has 6 aromatic carbocycles. The van der Waals surface area contributed by atoms with Crippen LogP contribution in [0.1, 0.15) is 59.4 Å². The third-order valence-corrected chi connectivity index (χ3v) is 9.41. The van der Waals surface area contributed by atoms with Gasteiger partial charge in [0.05, 0.1) is 0 Å². The molecule has 0 spiro atoms. The first-order valence-electron chi connectivity index (χ1n) is 14.4. The number of hydrogen-bond acceptors (Lipinski definition) is 0. The Morgan fingerprint density at radius 2 is 0.500 bits per heavy atom. The van der Waals surface area contributed by atoms with Gasteiger partial charge in [-0.05, 0) is 133 Å². The summed E-state index contributed by atoms with van der Waals surface area (Å²) in [5.74, 6) is 0. The molecule has 0 heterocycles. The molecule has 0 amide bonds. The molecule has 0 heteroatoms. The molecule has 4 aliphatic carbocycles. The van der Waals surface area contributed by atoms with E-state index in [0.717, 1.165) is 25.7 Å². The minimum absolute atomic E-state index is 0. The number of fused-ring (bicyclic) bond motifs is 12. The third-order valence-electron chi connectivity index (χ3n) is 9.41. The molecule has 0 bridgehead atoms. The van der Waals surface area contributed by atoms with Crippen molar-refractivity contribution in [2.75, 3.05) is 0 Å². The Bertz CT molecular complexity index is 1860.